The van der Waals surface area contributed by atoms with Gasteiger partial charge in [-0.05, 0) is 83.7 Å². The third-order valence-electron chi connectivity index (χ3n) is 6.84. The number of urea groups is 1. The summed E-state index contributed by atoms with van der Waals surface area (Å²) in [4.78, 5) is 17.6. The van der Waals surface area contributed by atoms with E-state index in [9.17, 15) is 4.79 Å². The van der Waals surface area contributed by atoms with E-state index in [0.717, 1.165) is 48.1 Å². The minimum Gasteiger partial charge on any atom is -0.296 e. The molecule has 0 aromatic heterocycles. The van der Waals surface area contributed by atoms with Crippen LogP contribution >= 0.6 is 31.9 Å². The van der Waals surface area contributed by atoms with Gasteiger partial charge in [-0.3, -0.25) is 9.80 Å². The summed E-state index contributed by atoms with van der Waals surface area (Å²) in [6, 6.07) is 29.0. The molecule has 0 saturated carbocycles. The fourth-order valence-corrected chi connectivity index (χ4v) is 6.33. The van der Waals surface area contributed by atoms with E-state index >= 15 is 0 Å². The third kappa shape index (κ3) is 5.03. The predicted octanol–water partition coefficient (Wildman–Crippen LogP) is 9.39. The number of rotatable bonds is 4. The number of aryl methyl sites for hydroxylation is 3. The number of carbonyl (C=O) groups excluding carboxylic acids is 1. The number of anilines is 2. The predicted molar refractivity (Wildman–Crippen MR) is 161 cm³/mol. The van der Waals surface area contributed by atoms with E-state index in [1.54, 1.807) is 4.90 Å². The summed E-state index contributed by atoms with van der Waals surface area (Å²) < 4.78 is 1.83. The van der Waals surface area contributed by atoms with Gasteiger partial charge in [0.25, 0.3) is 0 Å². The highest BCUT2D eigenvalue weighted by atomic mass is 79.9. The number of halogens is 2. The number of benzene rings is 4. The molecule has 0 spiro atoms. The van der Waals surface area contributed by atoms with Crippen LogP contribution in [0.3, 0.4) is 0 Å². The van der Waals surface area contributed by atoms with Crippen LogP contribution in [0.1, 0.15) is 39.4 Å². The van der Waals surface area contributed by atoms with Crippen LogP contribution in [-0.2, 0) is 0 Å². The van der Waals surface area contributed by atoms with Gasteiger partial charge in [-0.2, -0.15) is 0 Å². The molecule has 0 radical (unpaired) electrons. The van der Waals surface area contributed by atoms with Gasteiger partial charge in [0.05, 0.1) is 11.7 Å². The molecular weight excluding hydrogens is 588 g/mol. The molecule has 0 bridgehead atoms. The lowest BCUT2D eigenvalue weighted by Gasteiger charge is -2.41. The van der Waals surface area contributed by atoms with Crippen molar-refractivity contribution in [3.8, 4) is 0 Å². The Bertz CT molecular complexity index is 1440. The fraction of sp³-hybridized carbons (Fsp3) is 0.156. The molecule has 1 aliphatic heterocycles. The smallest absolute Gasteiger partial charge is 0.296 e. The molecule has 0 aliphatic carbocycles. The summed E-state index contributed by atoms with van der Waals surface area (Å²) in [5.41, 5.74) is 9.66. The van der Waals surface area contributed by atoms with E-state index in [1.165, 1.54) is 11.1 Å². The minimum absolute atomic E-state index is 0.0761. The first-order valence-corrected chi connectivity index (χ1v) is 13.8. The highest BCUT2D eigenvalue weighted by Gasteiger charge is 2.37. The van der Waals surface area contributed by atoms with Crippen molar-refractivity contribution in [3.63, 3.8) is 0 Å². The number of nitrogens with zero attached hydrogens (tertiary/aromatic N) is 2. The van der Waals surface area contributed by atoms with Crippen LogP contribution in [0.4, 0.5) is 16.2 Å². The summed E-state index contributed by atoms with van der Waals surface area (Å²) in [5, 5.41) is 0. The monoisotopic (exact) mass is 614 g/mol. The van der Waals surface area contributed by atoms with E-state index in [1.807, 2.05) is 30.1 Å². The molecule has 3 nitrogen and oxygen atoms in total. The van der Waals surface area contributed by atoms with Gasteiger partial charge in [0.2, 0.25) is 0 Å². The van der Waals surface area contributed by atoms with Gasteiger partial charge >= 0.3 is 6.03 Å². The SMILES string of the molecule is Cc1ccc(C(=CC2c3cc(Br)cc(Br)c3N(C)C(=O)N2c2ccc(C)cc2)c2ccc(C)cc2)cc1. The first-order chi connectivity index (χ1) is 17.7. The second-order valence-corrected chi connectivity index (χ2v) is 11.4. The Hall–Kier alpha value is -3.15. The maximum absolute atomic E-state index is 14.0. The lowest BCUT2D eigenvalue weighted by atomic mass is 9.90. The molecule has 37 heavy (non-hydrogen) atoms. The standard InChI is InChI=1S/C32H28Br2N2O/c1-20-5-11-23(12-6-20)27(24-13-7-21(2)8-14-24)19-30-28-17-25(33)18-29(34)31(28)35(4)32(37)36(30)26-15-9-22(3)10-16-26/h5-19,30H,1-4H3. The Balaban J connectivity index is 1.80. The van der Waals surface area contributed by atoms with Crippen LogP contribution < -0.4 is 9.80 Å². The van der Waals surface area contributed by atoms with Crippen molar-refractivity contribution in [2.75, 3.05) is 16.8 Å². The number of fused-ring (bicyclic) bond motifs is 1. The number of carbonyl (C=O) groups is 1. The normalized spacial score (nSPS) is 15.0. The molecule has 0 fully saturated rings. The fourth-order valence-electron chi connectivity index (χ4n) is 4.80. The van der Waals surface area contributed by atoms with Gasteiger partial charge in [-0.25, -0.2) is 4.79 Å². The highest BCUT2D eigenvalue weighted by Crippen LogP contribution is 2.46. The molecule has 4 aromatic rings. The summed E-state index contributed by atoms with van der Waals surface area (Å²) in [7, 11) is 1.84. The zero-order chi connectivity index (χ0) is 26.3. The van der Waals surface area contributed by atoms with Crippen molar-refractivity contribution in [3.05, 3.63) is 133 Å². The molecule has 1 unspecified atom stereocenters. The first-order valence-electron chi connectivity index (χ1n) is 12.2. The zero-order valence-corrected chi connectivity index (χ0v) is 24.5. The average Bonchev–Trinajstić information content (AvgIpc) is 2.87. The summed E-state index contributed by atoms with van der Waals surface area (Å²) in [5.74, 6) is 0. The van der Waals surface area contributed by atoms with Gasteiger partial charge in [0, 0.05) is 27.2 Å². The Morgan fingerprint density at radius 3 is 1.76 bits per heavy atom. The van der Waals surface area contributed by atoms with Crippen molar-refractivity contribution >= 4 is 54.8 Å². The lowest BCUT2D eigenvalue weighted by molar-refractivity contribution is 0.250. The molecule has 5 rings (SSSR count). The van der Waals surface area contributed by atoms with Crippen LogP contribution in [0.15, 0.2) is 100.0 Å². The largest absolute Gasteiger partial charge is 0.329 e. The Labute approximate surface area is 235 Å². The van der Waals surface area contributed by atoms with Crippen LogP contribution in [-0.4, -0.2) is 13.1 Å². The van der Waals surface area contributed by atoms with E-state index in [4.69, 9.17) is 0 Å². The summed E-state index contributed by atoms with van der Waals surface area (Å²) in [6.07, 6.45) is 2.23. The van der Waals surface area contributed by atoms with Crippen LogP contribution in [0, 0.1) is 20.8 Å². The van der Waals surface area contributed by atoms with Crippen molar-refractivity contribution in [2.24, 2.45) is 0 Å². The topological polar surface area (TPSA) is 23.6 Å². The maximum Gasteiger partial charge on any atom is 0.329 e. The molecule has 2 amide bonds. The van der Waals surface area contributed by atoms with Gasteiger partial charge in [0.1, 0.15) is 0 Å². The summed E-state index contributed by atoms with van der Waals surface area (Å²) in [6.45, 7) is 6.25. The Kier molecular flexibility index (Phi) is 7.11. The van der Waals surface area contributed by atoms with Gasteiger partial charge in [-0.15, -0.1) is 0 Å². The van der Waals surface area contributed by atoms with Gasteiger partial charge < -0.3 is 0 Å². The second kappa shape index (κ2) is 10.3. The molecule has 1 atom stereocenters. The molecule has 0 saturated heterocycles. The molecule has 5 heteroatoms. The van der Waals surface area contributed by atoms with Gasteiger partial charge in [-0.1, -0.05) is 93.3 Å². The van der Waals surface area contributed by atoms with E-state index in [-0.39, 0.29) is 12.1 Å². The molecule has 0 N–H and O–H groups in total. The van der Waals surface area contributed by atoms with Crippen molar-refractivity contribution in [1.82, 2.24) is 0 Å². The van der Waals surface area contributed by atoms with E-state index in [0.29, 0.717) is 0 Å². The highest BCUT2D eigenvalue weighted by molar-refractivity contribution is 9.11. The molecule has 4 aromatic carbocycles. The van der Waals surface area contributed by atoms with Crippen LogP contribution in [0.2, 0.25) is 0 Å². The van der Waals surface area contributed by atoms with E-state index in [2.05, 4.69) is 125 Å². The number of amides is 2. The lowest BCUT2D eigenvalue weighted by Crippen LogP contribution is -2.48. The Morgan fingerprint density at radius 2 is 1.24 bits per heavy atom. The molecule has 186 valence electrons. The van der Waals surface area contributed by atoms with Crippen molar-refractivity contribution in [1.29, 1.82) is 0 Å². The molecule has 1 aliphatic rings. The van der Waals surface area contributed by atoms with Crippen LogP contribution in [0.5, 0.6) is 0 Å². The third-order valence-corrected chi connectivity index (χ3v) is 7.91. The second-order valence-electron chi connectivity index (χ2n) is 9.63. The van der Waals surface area contributed by atoms with E-state index < -0.39 is 0 Å². The summed E-state index contributed by atoms with van der Waals surface area (Å²) >= 11 is 7.41. The zero-order valence-electron chi connectivity index (χ0n) is 21.3. The molecule has 1 heterocycles. The van der Waals surface area contributed by atoms with Crippen molar-refractivity contribution < 1.29 is 4.79 Å². The Morgan fingerprint density at radius 1 is 0.757 bits per heavy atom. The van der Waals surface area contributed by atoms with Gasteiger partial charge in [0.15, 0.2) is 0 Å². The quantitative estimate of drug-likeness (QED) is 0.224. The number of hydrogen-bond donors (Lipinski definition) is 0. The van der Waals surface area contributed by atoms with Crippen LogP contribution in [0.25, 0.3) is 5.57 Å². The maximum atomic E-state index is 14.0. The van der Waals surface area contributed by atoms with Crippen molar-refractivity contribution in [2.45, 2.75) is 26.8 Å². The first kappa shape index (κ1) is 25.5. The number of hydrogen-bond acceptors (Lipinski definition) is 1. The average molecular weight is 616 g/mol. The molecular formula is C32H28Br2N2O. The minimum atomic E-state index is -0.326.